The van der Waals surface area contributed by atoms with Crippen molar-refractivity contribution in [1.82, 2.24) is 0 Å². The molecule has 0 aliphatic carbocycles. The summed E-state index contributed by atoms with van der Waals surface area (Å²) in [5, 5.41) is 8.84. The average Bonchev–Trinajstić information content (AvgIpc) is 2.71. The van der Waals surface area contributed by atoms with E-state index in [1.54, 1.807) is 11.8 Å². The molecule has 2 rings (SSSR count). The summed E-state index contributed by atoms with van der Waals surface area (Å²) in [5.74, 6) is -1.14. The fourth-order valence-corrected chi connectivity index (χ4v) is 3.39. The predicted molar refractivity (Wildman–Crippen MR) is 107 cm³/mol. The van der Waals surface area contributed by atoms with Crippen molar-refractivity contribution in [2.75, 3.05) is 12.4 Å². The number of ketones is 2. The van der Waals surface area contributed by atoms with E-state index in [9.17, 15) is 14.4 Å². The molecule has 0 aliphatic rings. The number of Topliss-reactive ketones (excluding diaryl/α,β-unsaturated/α-hetero) is 2. The molecule has 2 aromatic rings. The van der Waals surface area contributed by atoms with Crippen LogP contribution in [0, 0.1) is 5.92 Å². The summed E-state index contributed by atoms with van der Waals surface area (Å²) >= 11 is 1.56. The van der Waals surface area contributed by atoms with Crippen LogP contribution in [-0.2, 0) is 27.2 Å². The highest BCUT2D eigenvalue weighted by Crippen LogP contribution is 2.19. The van der Waals surface area contributed by atoms with Gasteiger partial charge in [-0.15, -0.1) is 11.8 Å². The molecule has 0 aromatic heterocycles. The van der Waals surface area contributed by atoms with Gasteiger partial charge in [-0.25, -0.2) is 0 Å². The summed E-state index contributed by atoms with van der Waals surface area (Å²) in [6.07, 6.45) is 1.87. The molecule has 0 fully saturated rings. The van der Waals surface area contributed by atoms with Gasteiger partial charge in [-0.05, 0) is 36.1 Å². The summed E-state index contributed by atoms with van der Waals surface area (Å²) < 4.78 is 0. The fraction of sp³-hybridized carbons (Fsp3) is 0.318. The van der Waals surface area contributed by atoms with Crippen LogP contribution in [0.5, 0.6) is 0 Å². The van der Waals surface area contributed by atoms with Crippen molar-refractivity contribution < 1.29 is 19.5 Å². The first kappa shape index (κ1) is 21.1. The lowest BCUT2D eigenvalue weighted by Crippen LogP contribution is -2.26. The van der Waals surface area contributed by atoms with Crippen LogP contribution in [-0.4, -0.2) is 35.3 Å². The normalized spacial score (nSPS) is 11.7. The highest BCUT2D eigenvalue weighted by molar-refractivity contribution is 7.99. The zero-order valence-electron chi connectivity index (χ0n) is 15.2. The Labute approximate surface area is 164 Å². The van der Waals surface area contributed by atoms with E-state index in [1.165, 1.54) is 0 Å². The fourth-order valence-electron chi connectivity index (χ4n) is 2.74. The molecule has 4 nitrogen and oxygen atoms in total. The Kier molecular flexibility index (Phi) is 8.95. The number of aliphatic hydroxyl groups is 1. The molecule has 0 radical (unpaired) electrons. The molecule has 2 aromatic carbocycles. The minimum Gasteiger partial charge on any atom is -0.396 e. The summed E-state index contributed by atoms with van der Waals surface area (Å²) in [6.45, 7) is 0.131. The molecule has 0 bridgehead atoms. The molecular weight excluding hydrogens is 360 g/mol. The highest BCUT2D eigenvalue weighted by atomic mass is 32.2. The Morgan fingerprint density at radius 3 is 1.96 bits per heavy atom. The molecular formula is C22H24O4S. The second-order valence-electron chi connectivity index (χ2n) is 6.25. The number of aldehydes is 1. The van der Waals surface area contributed by atoms with Gasteiger partial charge in [0.05, 0.1) is 6.61 Å². The van der Waals surface area contributed by atoms with Crippen LogP contribution >= 0.6 is 11.8 Å². The minimum absolute atomic E-state index is 0.131. The van der Waals surface area contributed by atoms with Crippen LogP contribution in [0.15, 0.2) is 59.5 Å². The third kappa shape index (κ3) is 7.12. The van der Waals surface area contributed by atoms with Crippen molar-refractivity contribution >= 4 is 29.6 Å². The quantitative estimate of drug-likeness (QED) is 0.345. The first-order valence-electron chi connectivity index (χ1n) is 9.01. The van der Waals surface area contributed by atoms with Gasteiger partial charge in [0, 0.05) is 23.5 Å². The van der Waals surface area contributed by atoms with Crippen LogP contribution < -0.4 is 0 Å². The van der Waals surface area contributed by atoms with E-state index >= 15 is 0 Å². The number of carbonyl (C=O) groups is 3. The lowest BCUT2D eigenvalue weighted by atomic mass is 9.92. The predicted octanol–water partition coefficient (Wildman–Crippen LogP) is 3.29. The van der Waals surface area contributed by atoms with Gasteiger partial charge >= 0.3 is 0 Å². The van der Waals surface area contributed by atoms with Crippen molar-refractivity contribution in [3.63, 3.8) is 0 Å². The average molecular weight is 384 g/mol. The Bertz CT molecular complexity index is 741. The molecule has 0 heterocycles. The molecule has 1 unspecified atom stereocenters. The number of aliphatic hydroxyl groups excluding tert-OH is 1. The lowest BCUT2D eigenvalue weighted by molar-refractivity contribution is -0.135. The number of hydrogen-bond acceptors (Lipinski definition) is 5. The zero-order valence-corrected chi connectivity index (χ0v) is 16.0. The van der Waals surface area contributed by atoms with Crippen LogP contribution in [0.3, 0.4) is 0 Å². The maximum Gasteiger partial charge on any atom is 0.150 e. The molecule has 1 N–H and O–H groups in total. The Morgan fingerprint density at radius 2 is 1.44 bits per heavy atom. The molecule has 0 aliphatic heterocycles. The van der Waals surface area contributed by atoms with E-state index in [1.807, 2.05) is 54.6 Å². The van der Waals surface area contributed by atoms with E-state index in [-0.39, 0.29) is 31.0 Å². The summed E-state index contributed by atoms with van der Waals surface area (Å²) in [6, 6.07) is 17.3. The maximum absolute atomic E-state index is 12.3. The second kappa shape index (κ2) is 11.5. The first-order chi connectivity index (χ1) is 13.1. The van der Waals surface area contributed by atoms with Crippen LogP contribution in [0.25, 0.3) is 0 Å². The minimum atomic E-state index is -1.16. The van der Waals surface area contributed by atoms with Gasteiger partial charge < -0.3 is 9.90 Å². The van der Waals surface area contributed by atoms with E-state index in [0.717, 1.165) is 16.0 Å². The standard InChI is InChI=1S/C22H24O4S/c23-14-15-27-19-10-6-18(7-11-19)9-13-22(26)20(16-24)21(25)12-8-17-4-2-1-3-5-17/h1-7,10-11,16,20,23H,8-9,12-15H2. The lowest BCUT2D eigenvalue weighted by Gasteiger charge is -2.09. The molecule has 0 amide bonds. The summed E-state index contributed by atoms with van der Waals surface area (Å²) in [7, 11) is 0. The molecule has 27 heavy (non-hydrogen) atoms. The molecule has 5 heteroatoms. The Balaban J connectivity index is 1.83. The van der Waals surface area contributed by atoms with Crippen molar-refractivity contribution in [3.8, 4) is 0 Å². The second-order valence-corrected chi connectivity index (χ2v) is 7.42. The number of aryl methyl sites for hydroxylation is 2. The topological polar surface area (TPSA) is 71.4 Å². The first-order valence-corrected chi connectivity index (χ1v) is 10.00. The number of benzene rings is 2. The van der Waals surface area contributed by atoms with Gasteiger partial charge in [-0.1, -0.05) is 42.5 Å². The van der Waals surface area contributed by atoms with Gasteiger partial charge in [0.1, 0.15) is 12.2 Å². The smallest absolute Gasteiger partial charge is 0.150 e. The van der Waals surface area contributed by atoms with E-state index in [0.29, 0.717) is 24.9 Å². The number of carbonyl (C=O) groups excluding carboxylic acids is 3. The van der Waals surface area contributed by atoms with Crippen molar-refractivity contribution in [3.05, 3.63) is 65.7 Å². The Hall–Kier alpha value is -2.24. The number of rotatable bonds is 12. The molecule has 1 atom stereocenters. The van der Waals surface area contributed by atoms with E-state index < -0.39 is 5.92 Å². The third-order valence-electron chi connectivity index (χ3n) is 4.28. The monoisotopic (exact) mass is 384 g/mol. The summed E-state index contributed by atoms with van der Waals surface area (Å²) in [5.41, 5.74) is 2.00. The van der Waals surface area contributed by atoms with Crippen molar-refractivity contribution in [2.45, 2.75) is 30.6 Å². The largest absolute Gasteiger partial charge is 0.396 e. The molecule has 142 valence electrons. The maximum atomic E-state index is 12.3. The van der Waals surface area contributed by atoms with Gasteiger partial charge in [-0.3, -0.25) is 9.59 Å². The van der Waals surface area contributed by atoms with Gasteiger partial charge in [0.2, 0.25) is 0 Å². The van der Waals surface area contributed by atoms with Crippen LogP contribution in [0.4, 0.5) is 0 Å². The van der Waals surface area contributed by atoms with Crippen molar-refractivity contribution in [1.29, 1.82) is 0 Å². The zero-order chi connectivity index (χ0) is 19.5. The van der Waals surface area contributed by atoms with Gasteiger partial charge in [-0.2, -0.15) is 0 Å². The van der Waals surface area contributed by atoms with Gasteiger partial charge in [0.25, 0.3) is 0 Å². The molecule has 0 spiro atoms. The number of thioether (sulfide) groups is 1. The molecule has 0 saturated heterocycles. The van der Waals surface area contributed by atoms with Gasteiger partial charge in [0.15, 0.2) is 11.6 Å². The SMILES string of the molecule is O=CC(C(=O)CCc1ccccc1)C(=O)CCc1ccc(SCCO)cc1. The summed E-state index contributed by atoms with van der Waals surface area (Å²) in [4.78, 5) is 36.9. The van der Waals surface area contributed by atoms with E-state index in [2.05, 4.69) is 0 Å². The molecule has 0 saturated carbocycles. The Morgan fingerprint density at radius 1 is 0.889 bits per heavy atom. The third-order valence-corrected chi connectivity index (χ3v) is 5.27. The van der Waals surface area contributed by atoms with Crippen LogP contribution in [0.1, 0.15) is 24.0 Å². The van der Waals surface area contributed by atoms with Crippen LogP contribution in [0.2, 0.25) is 0 Å². The number of hydrogen-bond donors (Lipinski definition) is 1. The van der Waals surface area contributed by atoms with Crippen molar-refractivity contribution in [2.24, 2.45) is 5.92 Å². The van der Waals surface area contributed by atoms with E-state index in [4.69, 9.17) is 5.11 Å². The highest BCUT2D eigenvalue weighted by Gasteiger charge is 2.24.